The molecule has 0 aliphatic carbocycles. The van der Waals surface area contributed by atoms with Crippen molar-refractivity contribution in [3.63, 3.8) is 0 Å². The molecule has 1 aliphatic heterocycles. The molecule has 0 saturated heterocycles. The molecule has 4 rings (SSSR count). The summed E-state index contributed by atoms with van der Waals surface area (Å²) in [6, 6.07) is 10.9. The van der Waals surface area contributed by atoms with Crippen molar-refractivity contribution in [2.45, 2.75) is 59.7 Å². The molecule has 13 nitrogen and oxygen atoms in total. The number of benzene rings is 2. The predicted molar refractivity (Wildman–Crippen MR) is 175 cm³/mol. The van der Waals surface area contributed by atoms with Crippen LogP contribution in [0.25, 0.3) is 0 Å². The van der Waals surface area contributed by atoms with Gasteiger partial charge in [0.05, 0.1) is 38.6 Å². The molecule has 13 heteroatoms. The number of amides is 4. The number of ether oxygens (including phenoxy) is 3. The zero-order chi connectivity index (χ0) is 34.1. The highest BCUT2D eigenvalue weighted by molar-refractivity contribution is 5.96. The maximum atomic E-state index is 13.7. The monoisotopic (exact) mass is 648 g/mol. The van der Waals surface area contributed by atoms with E-state index < -0.39 is 17.9 Å². The Bertz CT molecular complexity index is 1600. The highest BCUT2D eigenvalue weighted by atomic mass is 16.5. The third kappa shape index (κ3) is 8.60. The third-order valence-electron chi connectivity index (χ3n) is 7.84. The summed E-state index contributed by atoms with van der Waals surface area (Å²) >= 11 is 0. The number of hydrogen-bond acceptors (Lipinski definition) is 8. The maximum Gasteiger partial charge on any atom is 0.272 e. The SMILES string of the molecule is CCn1nc(C)cc1C(=O)N1CCCCNC(=O)c2ccc(OC)c(c2)Oc2cccc(OC)c2CNC(=O)[C@@H](C(C)C)NC(=O)C1. The minimum absolute atomic E-state index is 0.0186. The number of methoxy groups -OCH3 is 2. The highest BCUT2D eigenvalue weighted by Crippen LogP contribution is 2.37. The van der Waals surface area contributed by atoms with Crippen LogP contribution in [0.4, 0.5) is 0 Å². The molecule has 1 aliphatic rings. The Morgan fingerprint density at radius 2 is 1.79 bits per heavy atom. The van der Waals surface area contributed by atoms with Gasteiger partial charge in [0.1, 0.15) is 23.2 Å². The smallest absolute Gasteiger partial charge is 0.272 e. The first kappa shape index (κ1) is 34.8. The Hall–Kier alpha value is -5.07. The molecule has 47 heavy (non-hydrogen) atoms. The number of carbonyl (C=O) groups is 4. The number of aromatic nitrogens is 2. The average Bonchev–Trinajstić information content (AvgIpc) is 3.45. The summed E-state index contributed by atoms with van der Waals surface area (Å²) in [4.78, 5) is 55.2. The molecule has 1 aromatic heterocycles. The molecule has 1 atom stereocenters. The van der Waals surface area contributed by atoms with Crippen LogP contribution in [0.15, 0.2) is 42.5 Å². The Kier molecular flexibility index (Phi) is 11.8. The molecule has 0 unspecified atom stereocenters. The molecule has 0 saturated carbocycles. The quantitative estimate of drug-likeness (QED) is 0.381. The van der Waals surface area contributed by atoms with E-state index in [-0.39, 0.29) is 37.4 Å². The van der Waals surface area contributed by atoms with Crippen molar-refractivity contribution >= 4 is 23.6 Å². The van der Waals surface area contributed by atoms with Crippen LogP contribution in [0.1, 0.15) is 65.7 Å². The van der Waals surface area contributed by atoms with E-state index in [2.05, 4.69) is 21.0 Å². The Morgan fingerprint density at radius 1 is 1.02 bits per heavy atom. The molecule has 252 valence electrons. The van der Waals surface area contributed by atoms with E-state index >= 15 is 0 Å². The molecule has 2 heterocycles. The van der Waals surface area contributed by atoms with E-state index in [0.717, 1.165) is 0 Å². The number of carbonyl (C=O) groups excluding carboxylic acids is 4. The van der Waals surface area contributed by atoms with E-state index in [4.69, 9.17) is 14.2 Å². The Morgan fingerprint density at radius 3 is 2.49 bits per heavy atom. The van der Waals surface area contributed by atoms with E-state index in [1.807, 2.05) is 20.8 Å². The van der Waals surface area contributed by atoms with Crippen LogP contribution in [-0.2, 0) is 22.7 Å². The standard InChI is InChI=1S/C34H44N6O7/c1-7-40-25(17-22(4)38-40)34(44)39-16-9-8-15-35-32(42)23-13-14-28(46-6)29(18-23)47-27-12-10-11-26(45-5)24(27)19-36-33(43)31(21(2)3)37-30(41)20-39/h10-14,17-18,21,31H,7-9,15-16,19-20H2,1-6H3,(H,35,42)(H,36,43)(H,37,41)/t31-/m1/s1. The van der Waals surface area contributed by atoms with Crippen molar-refractivity contribution in [1.29, 1.82) is 0 Å². The zero-order valence-corrected chi connectivity index (χ0v) is 27.8. The fourth-order valence-electron chi connectivity index (χ4n) is 5.34. The van der Waals surface area contributed by atoms with Gasteiger partial charge in [0.25, 0.3) is 11.8 Å². The van der Waals surface area contributed by atoms with Crippen LogP contribution >= 0.6 is 0 Å². The zero-order valence-electron chi connectivity index (χ0n) is 27.8. The van der Waals surface area contributed by atoms with Crippen LogP contribution in [0, 0.1) is 12.8 Å². The van der Waals surface area contributed by atoms with Gasteiger partial charge >= 0.3 is 0 Å². The van der Waals surface area contributed by atoms with Gasteiger partial charge in [-0.2, -0.15) is 5.10 Å². The van der Waals surface area contributed by atoms with Gasteiger partial charge in [0, 0.05) is 25.2 Å². The number of fused-ring (bicyclic) bond motifs is 3. The molecular formula is C34H44N6O7. The second-order valence-corrected chi connectivity index (χ2v) is 11.6. The summed E-state index contributed by atoms with van der Waals surface area (Å²) in [6.07, 6.45) is 1.06. The third-order valence-corrected chi connectivity index (χ3v) is 7.84. The topological polar surface area (TPSA) is 153 Å². The number of nitrogens with one attached hydrogen (secondary N) is 3. The first-order valence-electron chi connectivity index (χ1n) is 15.8. The van der Waals surface area contributed by atoms with Gasteiger partial charge in [-0.05, 0) is 69.0 Å². The molecule has 2 bridgehead atoms. The van der Waals surface area contributed by atoms with Gasteiger partial charge < -0.3 is 35.1 Å². The number of rotatable bonds is 5. The first-order chi connectivity index (χ1) is 22.6. The van der Waals surface area contributed by atoms with Crippen LogP contribution in [0.5, 0.6) is 23.0 Å². The van der Waals surface area contributed by atoms with Crippen molar-refractivity contribution < 1.29 is 33.4 Å². The lowest BCUT2D eigenvalue weighted by atomic mass is 10.0. The van der Waals surface area contributed by atoms with E-state index in [9.17, 15) is 19.2 Å². The Labute approximate surface area is 274 Å². The molecule has 4 amide bonds. The minimum Gasteiger partial charge on any atom is -0.496 e. The largest absolute Gasteiger partial charge is 0.496 e. The highest BCUT2D eigenvalue weighted by Gasteiger charge is 2.28. The summed E-state index contributed by atoms with van der Waals surface area (Å²) in [7, 11) is 3.02. The first-order valence-corrected chi connectivity index (χ1v) is 15.8. The molecule has 0 radical (unpaired) electrons. The normalized spacial score (nSPS) is 16.7. The van der Waals surface area contributed by atoms with Crippen LogP contribution in [0.2, 0.25) is 0 Å². The molecule has 0 fully saturated rings. The van der Waals surface area contributed by atoms with Crippen molar-refractivity contribution in [3.8, 4) is 23.0 Å². The van der Waals surface area contributed by atoms with Gasteiger partial charge in [-0.25, -0.2) is 0 Å². The summed E-state index contributed by atoms with van der Waals surface area (Å²) in [6.45, 7) is 8.21. The summed E-state index contributed by atoms with van der Waals surface area (Å²) in [5, 5.41) is 13.0. The predicted octanol–water partition coefficient (Wildman–Crippen LogP) is 3.44. The fourth-order valence-corrected chi connectivity index (χ4v) is 5.34. The van der Waals surface area contributed by atoms with E-state index in [1.165, 1.54) is 19.1 Å². The van der Waals surface area contributed by atoms with Gasteiger partial charge in [-0.3, -0.25) is 23.9 Å². The van der Waals surface area contributed by atoms with Crippen molar-refractivity contribution in [2.75, 3.05) is 33.9 Å². The lowest BCUT2D eigenvalue weighted by molar-refractivity contribution is -0.130. The minimum atomic E-state index is -0.875. The summed E-state index contributed by atoms with van der Waals surface area (Å²) in [5.74, 6) is -0.210. The van der Waals surface area contributed by atoms with Crippen molar-refractivity contribution in [3.05, 3.63) is 65.0 Å². The van der Waals surface area contributed by atoms with Crippen LogP contribution in [-0.4, -0.2) is 78.2 Å². The lowest BCUT2D eigenvalue weighted by Gasteiger charge is -2.26. The molecule has 2 aromatic carbocycles. The number of nitrogens with zero attached hydrogens (tertiary/aromatic N) is 3. The second kappa shape index (κ2) is 16.0. The van der Waals surface area contributed by atoms with Crippen LogP contribution in [0.3, 0.4) is 0 Å². The van der Waals surface area contributed by atoms with Gasteiger partial charge in [-0.1, -0.05) is 19.9 Å². The molecule has 0 spiro atoms. The number of aryl methyl sites for hydroxylation is 2. The molecule has 3 N–H and O–H groups in total. The van der Waals surface area contributed by atoms with Gasteiger partial charge in [-0.15, -0.1) is 0 Å². The van der Waals surface area contributed by atoms with E-state index in [0.29, 0.717) is 71.4 Å². The van der Waals surface area contributed by atoms with Gasteiger partial charge in [0.15, 0.2) is 11.5 Å². The summed E-state index contributed by atoms with van der Waals surface area (Å²) < 4.78 is 18.9. The van der Waals surface area contributed by atoms with Crippen molar-refractivity contribution in [2.24, 2.45) is 5.92 Å². The summed E-state index contributed by atoms with van der Waals surface area (Å²) in [5.41, 5.74) is 1.98. The Balaban J connectivity index is 1.68. The number of hydrogen-bond donors (Lipinski definition) is 3. The molecule has 3 aromatic rings. The van der Waals surface area contributed by atoms with E-state index in [1.54, 1.807) is 54.1 Å². The van der Waals surface area contributed by atoms with Gasteiger partial charge in [0.2, 0.25) is 11.8 Å². The fraction of sp³-hybridized carbons (Fsp3) is 0.441. The molecular weight excluding hydrogens is 604 g/mol. The van der Waals surface area contributed by atoms with Crippen molar-refractivity contribution in [1.82, 2.24) is 30.6 Å². The second-order valence-electron chi connectivity index (χ2n) is 11.6. The maximum absolute atomic E-state index is 13.7. The average molecular weight is 649 g/mol. The van der Waals surface area contributed by atoms with Crippen LogP contribution < -0.4 is 30.2 Å². The lowest BCUT2D eigenvalue weighted by Crippen LogP contribution is -2.52.